The van der Waals surface area contributed by atoms with Crippen LogP contribution in [-0.2, 0) is 11.2 Å². The normalized spacial score (nSPS) is 13.8. The number of aliphatic hydroxyl groups is 2. The molecule has 0 heterocycles. The molecule has 7 heteroatoms. The molecule has 0 saturated carbocycles. The quantitative estimate of drug-likeness (QED) is 0.581. The predicted molar refractivity (Wildman–Crippen MR) is 96.8 cm³/mol. The maximum absolute atomic E-state index is 14.1. The monoisotopic (exact) mass is 371 g/mol. The number of unbranched alkanes of at least 4 members (excludes halogenated alkanes) is 1. The van der Waals surface area contributed by atoms with Crippen molar-refractivity contribution in [1.29, 1.82) is 0 Å². The van der Waals surface area contributed by atoms with Crippen LogP contribution in [0, 0.1) is 5.82 Å². The van der Waals surface area contributed by atoms with Crippen molar-refractivity contribution < 1.29 is 28.9 Å². The van der Waals surface area contributed by atoms with Crippen molar-refractivity contribution in [3.8, 4) is 5.75 Å². The van der Waals surface area contributed by atoms with E-state index in [1.54, 1.807) is 26.8 Å². The Hall–Kier alpha value is -1.86. The van der Waals surface area contributed by atoms with Gasteiger partial charge in [-0.1, -0.05) is 19.4 Å². The van der Waals surface area contributed by atoms with Crippen LogP contribution in [0.3, 0.4) is 0 Å². The van der Waals surface area contributed by atoms with Gasteiger partial charge in [0.15, 0.2) is 11.6 Å². The average Bonchev–Trinajstić information content (AvgIpc) is 2.54. The van der Waals surface area contributed by atoms with Crippen LogP contribution in [0.1, 0.15) is 46.1 Å². The SMILES string of the molecule is CCCCOc1ccc(C[C@H](NC(=O)OC(C)(C)C)[C@H](O)CO)cc1F. The molecule has 3 N–H and O–H groups in total. The van der Waals surface area contributed by atoms with Gasteiger partial charge in [-0.05, 0) is 51.3 Å². The van der Waals surface area contributed by atoms with Crippen LogP contribution >= 0.6 is 0 Å². The molecule has 0 fully saturated rings. The molecule has 0 aliphatic carbocycles. The molecule has 0 radical (unpaired) electrons. The van der Waals surface area contributed by atoms with Crippen molar-refractivity contribution in [2.45, 2.75) is 64.7 Å². The van der Waals surface area contributed by atoms with E-state index in [1.165, 1.54) is 12.1 Å². The van der Waals surface area contributed by atoms with Gasteiger partial charge >= 0.3 is 6.09 Å². The Morgan fingerprint density at radius 3 is 2.58 bits per heavy atom. The van der Waals surface area contributed by atoms with Crippen LogP contribution < -0.4 is 10.1 Å². The summed E-state index contributed by atoms with van der Waals surface area (Å²) >= 11 is 0. The molecule has 0 bridgehead atoms. The van der Waals surface area contributed by atoms with Gasteiger partial charge < -0.3 is 25.0 Å². The van der Waals surface area contributed by atoms with Crippen LogP contribution in [0.4, 0.5) is 9.18 Å². The van der Waals surface area contributed by atoms with E-state index in [4.69, 9.17) is 9.47 Å². The lowest BCUT2D eigenvalue weighted by molar-refractivity contribution is 0.0320. The summed E-state index contributed by atoms with van der Waals surface area (Å²) in [6, 6.07) is 3.67. The maximum Gasteiger partial charge on any atom is 0.407 e. The highest BCUT2D eigenvalue weighted by molar-refractivity contribution is 5.68. The number of alkyl carbamates (subject to hydrolysis) is 1. The number of aliphatic hydroxyl groups excluding tert-OH is 2. The Morgan fingerprint density at radius 1 is 1.35 bits per heavy atom. The summed E-state index contributed by atoms with van der Waals surface area (Å²) in [5.74, 6) is -0.338. The molecule has 6 nitrogen and oxygen atoms in total. The molecule has 0 unspecified atom stereocenters. The second kappa shape index (κ2) is 10.3. The van der Waals surface area contributed by atoms with E-state index in [-0.39, 0.29) is 12.2 Å². The summed E-state index contributed by atoms with van der Waals surface area (Å²) in [5.41, 5.74) is -0.138. The lowest BCUT2D eigenvalue weighted by atomic mass is 10.0. The number of benzene rings is 1. The second-order valence-electron chi connectivity index (χ2n) is 7.17. The first-order valence-electron chi connectivity index (χ1n) is 8.86. The Kier molecular flexibility index (Phi) is 8.81. The van der Waals surface area contributed by atoms with Crippen molar-refractivity contribution >= 4 is 6.09 Å². The standard InChI is InChI=1S/C19H30FNO5/c1-5-6-9-25-17-8-7-13(10-14(17)20)11-15(16(23)12-22)21-18(24)26-19(2,3)4/h7-8,10,15-16,22-23H,5-6,9,11-12H2,1-4H3,(H,21,24)/t15-,16+/m0/s1. The fourth-order valence-electron chi connectivity index (χ4n) is 2.24. The van der Waals surface area contributed by atoms with Crippen molar-refractivity contribution in [3.05, 3.63) is 29.6 Å². The first kappa shape index (κ1) is 22.2. The van der Waals surface area contributed by atoms with Crippen LogP contribution in [-0.4, -0.2) is 47.3 Å². The lowest BCUT2D eigenvalue weighted by Gasteiger charge is -2.26. The van der Waals surface area contributed by atoms with Crippen molar-refractivity contribution in [2.75, 3.05) is 13.2 Å². The van der Waals surface area contributed by atoms with Crippen molar-refractivity contribution in [2.24, 2.45) is 0 Å². The molecule has 26 heavy (non-hydrogen) atoms. The number of hydrogen-bond acceptors (Lipinski definition) is 5. The number of ether oxygens (including phenoxy) is 2. The number of hydrogen-bond donors (Lipinski definition) is 3. The zero-order valence-corrected chi connectivity index (χ0v) is 15.9. The number of carbonyl (C=O) groups is 1. The molecule has 0 aliphatic heterocycles. The minimum atomic E-state index is -1.20. The Labute approximate surface area is 154 Å². The zero-order valence-electron chi connectivity index (χ0n) is 15.9. The average molecular weight is 371 g/mol. The number of amides is 1. The van der Waals surface area contributed by atoms with Gasteiger partial charge in [0.1, 0.15) is 5.60 Å². The molecule has 1 aromatic carbocycles. The predicted octanol–water partition coefficient (Wildman–Crippen LogP) is 2.79. The number of nitrogens with one attached hydrogen (secondary N) is 1. The van der Waals surface area contributed by atoms with Gasteiger partial charge in [-0.25, -0.2) is 9.18 Å². The molecule has 1 aromatic rings. The highest BCUT2D eigenvalue weighted by Crippen LogP contribution is 2.20. The summed E-state index contributed by atoms with van der Waals surface area (Å²) in [4.78, 5) is 11.9. The van der Waals surface area contributed by atoms with Gasteiger partial charge in [0.2, 0.25) is 0 Å². The largest absolute Gasteiger partial charge is 0.491 e. The van der Waals surface area contributed by atoms with Gasteiger partial charge in [-0.3, -0.25) is 0 Å². The minimum absolute atomic E-state index is 0.132. The summed E-state index contributed by atoms with van der Waals surface area (Å²) in [5, 5.41) is 21.7. The first-order chi connectivity index (χ1) is 12.2. The van der Waals surface area contributed by atoms with E-state index in [0.717, 1.165) is 12.8 Å². The zero-order chi connectivity index (χ0) is 19.7. The summed E-state index contributed by atoms with van der Waals surface area (Å²) in [7, 11) is 0. The number of rotatable bonds is 9. The number of carbonyl (C=O) groups excluding carboxylic acids is 1. The van der Waals surface area contributed by atoms with Crippen molar-refractivity contribution in [3.63, 3.8) is 0 Å². The van der Waals surface area contributed by atoms with Gasteiger partial charge in [0, 0.05) is 0 Å². The van der Waals surface area contributed by atoms with Gasteiger partial charge in [-0.15, -0.1) is 0 Å². The van der Waals surface area contributed by atoms with Crippen LogP contribution in [0.2, 0.25) is 0 Å². The van der Waals surface area contributed by atoms with E-state index in [1.807, 2.05) is 6.92 Å². The summed E-state index contributed by atoms with van der Waals surface area (Å²) in [6.45, 7) is 7.08. The summed E-state index contributed by atoms with van der Waals surface area (Å²) < 4.78 is 24.7. The Balaban J connectivity index is 2.78. The fourth-order valence-corrected chi connectivity index (χ4v) is 2.24. The third kappa shape index (κ3) is 8.01. The van der Waals surface area contributed by atoms with Gasteiger partial charge in [0.05, 0.1) is 25.4 Å². The van der Waals surface area contributed by atoms with E-state index < -0.39 is 36.3 Å². The molecular weight excluding hydrogens is 341 g/mol. The molecule has 1 rings (SSSR count). The topological polar surface area (TPSA) is 88.0 Å². The van der Waals surface area contributed by atoms with Crippen LogP contribution in [0.15, 0.2) is 18.2 Å². The van der Waals surface area contributed by atoms with Crippen LogP contribution in [0.25, 0.3) is 0 Å². The highest BCUT2D eigenvalue weighted by Gasteiger charge is 2.25. The highest BCUT2D eigenvalue weighted by atomic mass is 19.1. The molecule has 1 amide bonds. The lowest BCUT2D eigenvalue weighted by Crippen LogP contribution is -2.48. The van der Waals surface area contributed by atoms with Gasteiger partial charge in [0.25, 0.3) is 0 Å². The molecule has 0 aromatic heterocycles. The Bertz CT molecular complexity index is 574. The van der Waals surface area contributed by atoms with E-state index in [9.17, 15) is 19.4 Å². The molecule has 0 spiro atoms. The smallest absolute Gasteiger partial charge is 0.407 e. The first-order valence-corrected chi connectivity index (χ1v) is 8.86. The van der Waals surface area contributed by atoms with E-state index in [2.05, 4.69) is 5.32 Å². The molecule has 2 atom stereocenters. The van der Waals surface area contributed by atoms with E-state index in [0.29, 0.717) is 12.2 Å². The minimum Gasteiger partial charge on any atom is -0.491 e. The Morgan fingerprint density at radius 2 is 2.04 bits per heavy atom. The maximum atomic E-state index is 14.1. The molecule has 0 aliphatic rings. The van der Waals surface area contributed by atoms with Crippen molar-refractivity contribution in [1.82, 2.24) is 5.32 Å². The van der Waals surface area contributed by atoms with Crippen LogP contribution in [0.5, 0.6) is 5.75 Å². The third-order valence-electron chi connectivity index (χ3n) is 3.56. The third-order valence-corrected chi connectivity index (χ3v) is 3.56. The summed E-state index contributed by atoms with van der Waals surface area (Å²) in [6.07, 6.45) is 0.0106. The molecular formula is C19H30FNO5. The van der Waals surface area contributed by atoms with Gasteiger partial charge in [-0.2, -0.15) is 0 Å². The number of halogens is 1. The second-order valence-corrected chi connectivity index (χ2v) is 7.17. The fraction of sp³-hybridized carbons (Fsp3) is 0.632. The molecule has 148 valence electrons. The van der Waals surface area contributed by atoms with E-state index >= 15 is 0 Å². The molecule has 0 saturated heterocycles.